The summed E-state index contributed by atoms with van der Waals surface area (Å²) in [7, 11) is 3.94. The van der Waals surface area contributed by atoms with Gasteiger partial charge in [0, 0.05) is 31.6 Å². The third kappa shape index (κ3) is 2.70. The Kier molecular flexibility index (Phi) is 3.65. The average molecular weight is 311 g/mol. The lowest BCUT2D eigenvalue weighted by Crippen LogP contribution is -2.25. The van der Waals surface area contributed by atoms with Crippen LogP contribution in [0.3, 0.4) is 0 Å². The van der Waals surface area contributed by atoms with Crippen LogP contribution >= 0.6 is 0 Å². The zero-order valence-electron chi connectivity index (χ0n) is 12.9. The first-order valence-electron chi connectivity index (χ1n) is 7.20. The lowest BCUT2D eigenvalue weighted by molar-refractivity contribution is 0.441. The molecular formula is C17H17N3O3. The van der Waals surface area contributed by atoms with E-state index >= 15 is 0 Å². The summed E-state index contributed by atoms with van der Waals surface area (Å²) in [5.41, 5.74) is 0.825. The van der Waals surface area contributed by atoms with Gasteiger partial charge in [-0.05, 0) is 17.0 Å². The van der Waals surface area contributed by atoms with Crippen molar-refractivity contribution in [3.05, 3.63) is 68.4 Å². The molecule has 0 unspecified atom stereocenters. The summed E-state index contributed by atoms with van der Waals surface area (Å²) in [6.07, 6.45) is 0.228. The molecule has 0 bridgehead atoms. The number of hydrogen-bond donors (Lipinski definition) is 3. The van der Waals surface area contributed by atoms with Gasteiger partial charge in [-0.3, -0.25) is 14.8 Å². The number of fused-ring (bicyclic) bond motifs is 1. The zero-order valence-corrected chi connectivity index (χ0v) is 12.9. The van der Waals surface area contributed by atoms with Crippen molar-refractivity contribution < 1.29 is 5.11 Å². The molecule has 0 fully saturated rings. The van der Waals surface area contributed by atoms with E-state index in [0.717, 1.165) is 22.0 Å². The van der Waals surface area contributed by atoms with Gasteiger partial charge >= 0.3 is 5.69 Å². The Balaban J connectivity index is 2.18. The Morgan fingerprint density at radius 1 is 1.00 bits per heavy atom. The Hall–Kier alpha value is -3.02. The highest BCUT2D eigenvalue weighted by Gasteiger charge is 2.13. The quantitative estimate of drug-likeness (QED) is 0.685. The lowest BCUT2D eigenvalue weighted by Gasteiger charge is -2.17. The first-order valence-corrected chi connectivity index (χ1v) is 7.20. The summed E-state index contributed by atoms with van der Waals surface area (Å²) >= 11 is 0. The predicted molar refractivity (Wildman–Crippen MR) is 90.4 cm³/mol. The molecule has 6 heteroatoms. The van der Waals surface area contributed by atoms with Gasteiger partial charge < -0.3 is 10.0 Å². The van der Waals surface area contributed by atoms with Crippen molar-refractivity contribution in [1.29, 1.82) is 0 Å². The fourth-order valence-corrected chi connectivity index (χ4v) is 2.74. The Morgan fingerprint density at radius 3 is 2.35 bits per heavy atom. The molecule has 0 saturated carbocycles. The maximum atomic E-state index is 11.9. The normalized spacial score (nSPS) is 10.9. The molecule has 0 atom stereocenters. The molecule has 3 N–H and O–H groups in total. The van der Waals surface area contributed by atoms with Gasteiger partial charge in [0.25, 0.3) is 5.56 Å². The molecule has 0 radical (unpaired) electrons. The monoisotopic (exact) mass is 311 g/mol. The SMILES string of the molecule is CN(C)c1ccc(Cc2c(O)[nH]c(=O)[nH]c2=O)c2ccccc12. The van der Waals surface area contributed by atoms with Gasteiger partial charge in [0.05, 0.1) is 5.56 Å². The van der Waals surface area contributed by atoms with E-state index < -0.39 is 11.2 Å². The fraction of sp³-hybridized carbons (Fsp3) is 0.176. The number of nitrogens with one attached hydrogen (secondary N) is 2. The molecule has 0 amide bonds. The Bertz CT molecular complexity index is 986. The first-order chi connectivity index (χ1) is 11.0. The third-order valence-electron chi connectivity index (χ3n) is 3.86. The fourth-order valence-electron chi connectivity index (χ4n) is 2.74. The molecule has 6 nitrogen and oxygen atoms in total. The summed E-state index contributed by atoms with van der Waals surface area (Å²) in [4.78, 5) is 29.5. The molecule has 0 aliphatic rings. The molecule has 118 valence electrons. The summed E-state index contributed by atoms with van der Waals surface area (Å²) in [6, 6.07) is 11.8. The van der Waals surface area contributed by atoms with E-state index in [0.29, 0.717) is 0 Å². The van der Waals surface area contributed by atoms with Crippen LogP contribution in [0.4, 0.5) is 5.69 Å². The topological polar surface area (TPSA) is 89.2 Å². The van der Waals surface area contributed by atoms with Gasteiger partial charge in [-0.15, -0.1) is 0 Å². The van der Waals surface area contributed by atoms with Crippen molar-refractivity contribution in [2.24, 2.45) is 0 Å². The van der Waals surface area contributed by atoms with Crippen molar-refractivity contribution in [3.8, 4) is 5.88 Å². The van der Waals surface area contributed by atoms with E-state index in [4.69, 9.17) is 0 Å². The van der Waals surface area contributed by atoms with Crippen molar-refractivity contribution in [1.82, 2.24) is 9.97 Å². The van der Waals surface area contributed by atoms with Gasteiger partial charge in [-0.25, -0.2) is 4.79 Å². The standard InChI is InChI=1S/C17H17N3O3/c1-20(2)14-8-7-10(11-5-3-4-6-12(11)14)9-13-15(21)18-17(23)19-16(13)22/h3-8H,9H2,1-2H3,(H3,18,19,21,22,23). The maximum absolute atomic E-state index is 11.9. The minimum Gasteiger partial charge on any atom is -0.494 e. The zero-order chi connectivity index (χ0) is 16.6. The molecule has 0 aliphatic carbocycles. The molecule has 23 heavy (non-hydrogen) atoms. The van der Waals surface area contributed by atoms with Gasteiger partial charge in [-0.2, -0.15) is 0 Å². The Morgan fingerprint density at radius 2 is 1.70 bits per heavy atom. The number of rotatable bonds is 3. The van der Waals surface area contributed by atoms with Crippen LogP contribution in [-0.4, -0.2) is 29.2 Å². The van der Waals surface area contributed by atoms with Crippen molar-refractivity contribution in [3.63, 3.8) is 0 Å². The van der Waals surface area contributed by atoms with Gasteiger partial charge in [0.1, 0.15) is 0 Å². The van der Waals surface area contributed by atoms with Gasteiger partial charge in [0.2, 0.25) is 5.88 Å². The van der Waals surface area contributed by atoms with Gasteiger partial charge in [-0.1, -0.05) is 30.3 Å². The average Bonchev–Trinajstić information content (AvgIpc) is 2.50. The molecule has 0 saturated heterocycles. The molecule has 3 aromatic rings. The van der Waals surface area contributed by atoms with E-state index in [1.165, 1.54) is 0 Å². The number of H-pyrrole nitrogens is 2. The van der Waals surface area contributed by atoms with Crippen LogP contribution in [-0.2, 0) is 6.42 Å². The van der Waals surface area contributed by atoms with Crippen molar-refractivity contribution in [2.45, 2.75) is 6.42 Å². The molecule has 0 spiro atoms. The minimum absolute atomic E-state index is 0.146. The second-order valence-corrected chi connectivity index (χ2v) is 5.60. The lowest BCUT2D eigenvalue weighted by atomic mass is 9.98. The Labute approximate surface area is 132 Å². The van der Waals surface area contributed by atoms with Crippen LogP contribution in [0.25, 0.3) is 10.8 Å². The van der Waals surface area contributed by atoms with E-state index in [1.807, 2.05) is 55.4 Å². The van der Waals surface area contributed by atoms with Crippen LogP contribution in [0, 0.1) is 0 Å². The van der Waals surface area contributed by atoms with Crippen LogP contribution in [0.1, 0.15) is 11.1 Å². The molecule has 2 aromatic carbocycles. The molecular weight excluding hydrogens is 294 g/mol. The summed E-state index contributed by atoms with van der Waals surface area (Å²) in [6.45, 7) is 0. The van der Waals surface area contributed by atoms with E-state index in [9.17, 15) is 14.7 Å². The summed E-state index contributed by atoms with van der Waals surface area (Å²) in [5, 5.41) is 11.9. The highest BCUT2D eigenvalue weighted by molar-refractivity contribution is 5.96. The number of nitrogens with zero attached hydrogens (tertiary/aromatic N) is 1. The second kappa shape index (κ2) is 5.64. The van der Waals surface area contributed by atoms with E-state index in [2.05, 4.69) is 9.97 Å². The summed E-state index contributed by atoms with van der Waals surface area (Å²) in [5.74, 6) is -0.389. The molecule has 3 rings (SSSR count). The van der Waals surface area contributed by atoms with Crippen LogP contribution in [0.15, 0.2) is 46.0 Å². The first kappa shape index (κ1) is 14.9. The highest BCUT2D eigenvalue weighted by atomic mass is 16.3. The third-order valence-corrected chi connectivity index (χ3v) is 3.86. The number of aromatic amines is 2. The minimum atomic E-state index is -0.718. The highest BCUT2D eigenvalue weighted by Crippen LogP contribution is 2.29. The number of aromatic nitrogens is 2. The largest absolute Gasteiger partial charge is 0.494 e. The second-order valence-electron chi connectivity index (χ2n) is 5.60. The molecule has 0 aliphatic heterocycles. The van der Waals surface area contributed by atoms with Crippen LogP contribution in [0.5, 0.6) is 5.88 Å². The van der Waals surface area contributed by atoms with E-state index in [1.54, 1.807) is 0 Å². The summed E-state index contributed by atoms with van der Waals surface area (Å²) < 4.78 is 0. The number of aromatic hydroxyl groups is 1. The smallest absolute Gasteiger partial charge is 0.328 e. The molecule has 1 aromatic heterocycles. The van der Waals surface area contributed by atoms with Gasteiger partial charge in [0.15, 0.2) is 0 Å². The predicted octanol–water partition coefficient (Wildman–Crippen LogP) is 1.58. The van der Waals surface area contributed by atoms with Crippen molar-refractivity contribution >= 4 is 16.5 Å². The van der Waals surface area contributed by atoms with Crippen LogP contribution in [0.2, 0.25) is 0 Å². The number of hydrogen-bond acceptors (Lipinski definition) is 4. The molecule has 1 heterocycles. The number of benzene rings is 2. The maximum Gasteiger partial charge on any atom is 0.328 e. The number of anilines is 1. The van der Waals surface area contributed by atoms with Crippen molar-refractivity contribution in [2.75, 3.05) is 19.0 Å². The van der Waals surface area contributed by atoms with Crippen LogP contribution < -0.4 is 16.1 Å². The van der Waals surface area contributed by atoms with E-state index in [-0.39, 0.29) is 17.9 Å².